The minimum Gasteiger partial charge on any atom is -0.489 e. The summed E-state index contributed by atoms with van der Waals surface area (Å²) in [6, 6.07) is 15.2. The summed E-state index contributed by atoms with van der Waals surface area (Å²) in [7, 11) is 0. The Bertz CT molecular complexity index is 898. The van der Waals surface area contributed by atoms with Crippen LogP contribution in [0.1, 0.15) is 43.7 Å². The minimum absolute atomic E-state index is 0.0526. The van der Waals surface area contributed by atoms with Crippen molar-refractivity contribution in [1.82, 2.24) is 5.43 Å². The van der Waals surface area contributed by atoms with Gasteiger partial charge in [0.1, 0.15) is 12.4 Å². The minimum atomic E-state index is 0.0526. The van der Waals surface area contributed by atoms with E-state index in [0.29, 0.717) is 17.5 Å². The Kier molecular flexibility index (Phi) is 5.40. The Morgan fingerprint density at radius 3 is 2.93 bits per heavy atom. The molecule has 0 radical (unpaired) electrons. The summed E-state index contributed by atoms with van der Waals surface area (Å²) in [5.41, 5.74) is 4.74. The van der Waals surface area contributed by atoms with Gasteiger partial charge in [0, 0.05) is 16.5 Å². The first-order chi connectivity index (χ1) is 13.6. The fourth-order valence-electron chi connectivity index (χ4n) is 4.55. The Hall–Kier alpha value is -2.33. The van der Waals surface area contributed by atoms with Crippen LogP contribution in [0.25, 0.3) is 0 Å². The smallest absolute Gasteiger partial charge is 0.244 e. The largest absolute Gasteiger partial charge is 0.489 e. The Balaban J connectivity index is 1.32. The molecule has 3 atom stereocenters. The first-order valence-corrected chi connectivity index (χ1v) is 10.2. The van der Waals surface area contributed by atoms with Gasteiger partial charge in [-0.1, -0.05) is 61.7 Å². The number of rotatable bonds is 6. The summed E-state index contributed by atoms with van der Waals surface area (Å²) >= 11 is 6.16. The number of hydrogen-bond donors (Lipinski definition) is 1. The zero-order valence-electron chi connectivity index (χ0n) is 16.0. The van der Waals surface area contributed by atoms with Gasteiger partial charge in [0.05, 0.1) is 6.21 Å². The zero-order chi connectivity index (χ0) is 19.6. The average Bonchev–Trinajstić information content (AvgIpc) is 3.33. The summed E-state index contributed by atoms with van der Waals surface area (Å²) in [6.07, 6.45) is 6.47. The molecule has 0 aromatic heterocycles. The molecule has 0 heterocycles. The highest BCUT2D eigenvalue weighted by Gasteiger charge is 2.64. The Morgan fingerprint density at radius 1 is 1.29 bits per heavy atom. The number of carbonyl (C=O) groups is 1. The lowest BCUT2D eigenvalue weighted by Gasteiger charge is -2.15. The number of hydrazone groups is 1. The van der Waals surface area contributed by atoms with Crippen molar-refractivity contribution in [3.8, 4) is 5.75 Å². The van der Waals surface area contributed by atoms with E-state index in [9.17, 15) is 4.79 Å². The number of ether oxygens (including phenoxy) is 1. The number of fused-ring (bicyclic) bond motifs is 1. The predicted octanol–water partition coefficient (Wildman–Crippen LogP) is 5.20. The molecular formula is C23H25ClN2O2. The predicted molar refractivity (Wildman–Crippen MR) is 112 cm³/mol. The standard InChI is InChI=1S/C23H25ClN2O2/c1-23-12-5-4-10-19(23)21(23)22(27)26-25-14-16-7-6-9-18(13-16)28-15-17-8-2-3-11-20(17)24/h2-3,6-9,11,13-14,19,21H,4-5,10,12,15H2,1H3,(H,26,27)/b25-14-/t19-,21-,23-/m0/s1. The van der Waals surface area contributed by atoms with Crippen molar-refractivity contribution in [2.24, 2.45) is 22.4 Å². The second-order valence-electron chi connectivity index (χ2n) is 8.02. The molecule has 2 saturated carbocycles. The van der Waals surface area contributed by atoms with Crippen LogP contribution in [0.15, 0.2) is 53.6 Å². The van der Waals surface area contributed by atoms with Crippen molar-refractivity contribution in [2.45, 2.75) is 39.2 Å². The fourth-order valence-corrected chi connectivity index (χ4v) is 4.74. The molecule has 146 valence electrons. The molecule has 2 aromatic carbocycles. The van der Waals surface area contributed by atoms with Crippen LogP contribution in [-0.2, 0) is 11.4 Å². The highest BCUT2D eigenvalue weighted by Crippen LogP contribution is 2.66. The first kappa shape index (κ1) is 19.0. The van der Waals surface area contributed by atoms with E-state index in [-0.39, 0.29) is 17.2 Å². The number of nitrogens with one attached hydrogen (secondary N) is 1. The Labute approximate surface area is 170 Å². The van der Waals surface area contributed by atoms with E-state index in [2.05, 4.69) is 17.5 Å². The maximum atomic E-state index is 12.5. The van der Waals surface area contributed by atoms with E-state index in [1.165, 1.54) is 19.3 Å². The van der Waals surface area contributed by atoms with Crippen LogP contribution in [0.5, 0.6) is 5.75 Å². The van der Waals surface area contributed by atoms with E-state index in [1.54, 1.807) is 6.21 Å². The van der Waals surface area contributed by atoms with Crippen molar-refractivity contribution >= 4 is 23.7 Å². The quantitative estimate of drug-likeness (QED) is 0.539. The molecule has 28 heavy (non-hydrogen) atoms. The van der Waals surface area contributed by atoms with E-state index < -0.39 is 0 Å². The second kappa shape index (κ2) is 7.96. The molecule has 0 saturated heterocycles. The number of amides is 1. The highest BCUT2D eigenvalue weighted by molar-refractivity contribution is 6.31. The maximum Gasteiger partial charge on any atom is 0.244 e. The van der Waals surface area contributed by atoms with Gasteiger partial charge in [-0.25, -0.2) is 5.43 Å². The first-order valence-electron chi connectivity index (χ1n) is 9.87. The lowest BCUT2D eigenvalue weighted by molar-refractivity contribution is -0.123. The van der Waals surface area contributed by atoms with Crippen LogP contribution in [0, 0.1) is 17.3 Å². The zero-order valence-corrected chi connectivity index (χ0v) is 16.8. The van der Waals surface area contributed by atoms with Gasteiger partial charge in [-0.05, 0) is 47.9 Å². The topological polar surface area (TPSA) is 50.7 Å². The molecule has 0 spiro atoms. The molecule has 0 unspecified atom stereocenters. The average molecular weight is 397 g/mol. The van der Waals surface area contributed by atoms with Gasteiger partial charge in [-0.2, -0.15) is 5.10 Å². The molecule has 2 aliphatic rings. The summed E-state index contributed by atoms with van der Waals surface area (Å²) < 4.78 is 5.83. The molecule has 0 aliphatic heterocycles. The maximum absolute atomic E-state index is 12.5. The van der Waals surface area contributed by atoms with Gasteiger partial charge in [0.2, 0.25) is 5.91 Å². The van der Waals surface area contributed by atoms with Gasteiger partial charge >= 0.3 is 0 Å². The lowest BCUT2D eigenvalue weighted by Crippen LogP contribution is -2.22. The molecule has 4 rings (SSSR count). The molecule has 2 aromatic rings. The van der Waals surface area contributed by atoms with Gasteiger partial charge in [-0.3, -0.25) is 4.79 Å². The number of halogens is 1. The molecule has 2 fully saturated rings. The van der Waals surface area contributed by atoms with E-state index in [1.807, 2.05) is 48.5 Å². The second-order valence-corrected chi connectivity index (χ2v) is 8.43. The van der Waals surface area contributed by atoms with Gasteiger partial charge in [0.15, 0.2) is 0 Å². The van der Waals surface area contributed by atoms with E-state index >= 15 is 0 Å². The SMILES string of the molecule is C[C@]12CCCC[C@H]1[C@H]2C(=O)N/N=C\c1cccc(OCc2ccccc2Cl)c1. The summed E-state index contributed by atoms with van der Waals surface area (Å²) in [6.45, 7) is 2.64. The normalized spacial score (nSPS) is 25.9. The monoisotopic (exact) mass is 396 g/mol. The van der Waals surface area contributed by atoms with E-state index in [0.717, 1.165) is 23.3 Å². The molecule has 1 N–H and O–H groups in total. The molecule has 4 nitrogen and oxygen atoms in total. The van der Waals surface area contributed by atoms with Gasteiger partial charge < -0.3 is 4.74 Å². The molecular weight excluding hydrogens is 372 g/mol. The highest BCUT2D eigenvalue weighted by atomic mass is 35.5. The summed E-state index contributed by atoms with van der Waals surface area (Å²) in [5.74, 6) is 1.45. The van der Waals surface area contributed by atoms with Crippen LogP contribution >= 0.6 is 11.6 Å². The van der Waals surface area contributed by atoms with Crippen LogP contribution in [0.4, 0.5) is 0 Å². The van der Waals surface area contributed by atoms with E-state index in [4.69, 9.17) is 16.3 Å². The lowest BCUT2D eigenvalue weighted by atomic mass is 9.90. The van der Waals surface area contributed by atoms with Crippen LogP contribution < -0.4 is 10.2 Å². The molecule has 0 bridgehead atoms. The fraction of sp³-hybridized carbons (Fsp3) is 0.391. The third-order valence-electron chi connectivity index (χ3n) is 6.21. The summed E-state index contributed by atoms with van der Waals surface area (Å²) in [4.78, 5) is 12.5. The van der Waals surface area contributed by atoms with Crippen LogP contribution in [0.2, 0.25) is 5.02 Å². The molecule has 2 aliphatic carbocycles. The summed E-state index contributed by atoms with van der Waals surface area (Å²) in [5, 5.41) is 4.86. The van der Waals surface area contributed by atoms with Crippen molar-refractivity contribution < 1.29 is 9.53 Å². The molecule has 1 amide bonds. The number of nitrogens with zero attached hydrogens (tertiary/aromatic N) is 1. The Morgan fingerprint density at radius 2 is 2.14 bits per heavy atom. The number of hydrogen-bond acceptors (Lipinski definition) is 3. The third-order valence-corrected chi connectivity index (χ3v) is 6.58. The van der Waals surface area contributed by atoms with Crippen LogP contribution in [-0.4, -0.2) is 12.1 Å². The number of benzene rings is 2. The number of carbonyl (C=O) groups excluding carboxylic acids is 1. The third kappa shape index (κ3) is 3.93. The van der Waals surface area contributed by atoms with Crippen molar-refractivity contribution in [3.63, 3.8) is 0 Å². The van der Waals surface area contributed by atoms with Crippen molar-refractivity contribution in [2.75, 3.05) is 0 Å². The van der Waals surface area contributed by atoms with Crippen molar-refractivity contribution in [3.05, 3.63) is 64.7 Å². The van der Waals surface area contributed by atoms with Crippen LogP contribution in [0.3, 0.4) is 0 Å². The van der Waals surface area contributed by atoms with Gasteiger partial charge in [0.25, 0.3) is 0 Å². The van der Waals surface area contributed by atoms with Gasteiger partial charge in [-0.15, -0.1) is 0 Å². The van der Waals surface area contributed by atoms with Crippen molar-refractivity contribution in [1.29, 1.82) is 0 Å². The molecule has 5 heteroatoms.